The van der Waals surface area contributed by atoms with Crippen LogP contribution >= 0.6 is 0 Å². The fraction of sp³-hybridized carbons (Fsp3) is 0.240. The number of hydrogen-bond donors (Lipinski definition) is 1. The first-order chi connectivity index (χ1) is 16.6. The molecule has 0 bridgehead atoms. The van der Waals surface area contributed by atoms with Crippen LogP contribution in [0.5, 0.6) is 0 Å². The van der Waals surface area contributed by atoms with E-state index in [0.717, 1.165) is 27.3 Å². The van der Waals surface area contributed by atoms with Crippen LogP contribution in [0.2, 0.25) is 0 Å². The van der Waals surface area contributed by atoms with Crippen molar-refractivity contribution in [1.29, 1.82) is 0 Å². The molecule has 0 radical (unpaired) electrons. The van der Waals surface area contributed by atoms with Crippen LogP contribution in [0.3, 0.4) is 0 Å². The molecule has 1 amide bonds. The Hall–Kier alpha value is -3.92. The van der Waals surface area contributed by atoms with Gasteiger partial charge in [-0.3, -0.25) is 9.10 Å². The molecule has 0 aliphatic rings. The highest BCUT2D eigenvalue weighted by molar-refractivity contribution is 7.92. The third-order valence-electron chi connectivity index (χ3n) is 5.06. The predicted molar refractivity (Wildman–Crippen MR) is 134 cm³/mol. The fourth-order valence-corrected chi connectivity index (χ4v) is 4.43. The number of nitrogens with one attached hydrogen (secondary N) is 1. The Morgan fingerprint density at radius 2 is 1.71 bits per heavy atom. The third kappa shape index (κ3) is 6.57. The minimum Gasteiger partial charge on any atom is -0.462 e. The molecule has 184 valence electrons. The van der Waals surface area contributed by atoms with Crippen LogP contribution in [-0.2, 0) is 19.6 Å². The molecule has 1 heterocycles. The van der Waals surface area contributed by atoms with Gasteiger partial charge in [-0.2, -0.15) is 5.10 Å². The standard InChI is InChI=1S/C25H27N3O6S/c1-5-33-25(30)20-11-9-19(10-12-20)22-14-13-21(34-22)15-26-27-23(29)16-28(35(4,31)32)24-17(2)7-6-8-18(24)3/h6-15H,5,16H2,1-4H3,(H,27,29)/b26-15-. The molecular weight excluding hydrogens is 470 g/mol. The molecule has 0 saturated carbocycles. The van der Waals surface area contributed by atoms with Crippen LogP contribution in [0.25, 0.3) is 11.3 Å². The molecule has 3 rings (SSSR count). The molecule has 3 aromatic rings. The Morgan fingerprint density at radius 3 is 2.31 bits per heavy atom. The van der Waals surface area contributed by atoms with E-state index in [0.29, 0.717) is 29.4 Å². The van der Waals surface area contributed by atoms with Crippen molar-refractivity contribution in [3.63, 3.8) is 0 Å². The zero-order valence-corrected chi connectivity index (χ0v) is 20.8. The van der Waals surface area contributed by atoms with Crippen molar-refractivity contribution in [2.24, 2.45) is 5.10 Å². The van der Waals surface area contributed by atoms with Crippen LogP contribution in [0.4, 0.5) is 5.69 Å². The number of rotatable bonds is 9. The Morgan fingerprint density at radius 1 is 1.06 bits per heavy atom. The maximum absolute atomic E-state index is 12.4. The fourth-order valence-electron chi connectivity index (χ4n) is 3.46. The van der Waals surface area contributed by atoms with Gasteiger partial charge < -0.3 is 9.15 Å². The summed E-state index contributed by atoms with van der Waals surface area (Å²) in [7, 11) is -3.70. The maximum atomic E-state index is 12.4. The van der Waals surface area contributed by atoms with E-state index in [2.05, 4.69) is 10.5 Å². The summed E-state index contributed by atoms with van der Waals surface area (Å²) in [6.07, 6.45) is 2.37. The summed E-state index contributed by atoms with van der Waals surface area (Å²) in [5.74, 6) is -0.0688. The molecule has 35 heavy (non-hydrogen) atoms. The maximum Gasteiger partial charge on any atom is 0.338 e. The smallest absolute Gasteiger partial charge is 0.338 e. The van der Waals surface area contributed by atoms with Crippen LogP contribution in [0.15, 0.2) is 64.1 Å². The molecule has 1 aromatic heterocycles. The number of para-hydroxylation sites is 1. The van der Waals surface area contributed by atoms with E-state index in [9.17, 15) is 18.0 Å². The summed E-state index contributed by atoms with van der Waals surface area (Å²) in [6.45, 7) is 5.20. The van der Waals surface area contributed by atoms with E-state index in [1.807, 2.05) is 6.07 Å². The Labute approximate surface area is 204 Å². The van der Waals surface area contributed by atoms with Gasteiger partial charge in [0.2, 0.25) is 10.0 Å². The zero-order chi connectivity index (χ0) is 25.6. The van der Waals surface area contributed by atoms with Crippen molar-refractivity contribution in [2.45, 2.75) is 20.8 Å². The number of esters is 1. The first-order valence-corrected chi connectivity index (χ1v) is 12.7. The molecule has 0 spiro atoms. The number of carbonyl (C=O) groups excluding carboxylic acids is 2. The second-order valence-electron chi connectivity index (χ2n) is 7.80. The summed E-state index contributed by atoms with van der Waals surface area (Å²) < 4.78 is 36.5. The minimum atomic E-state index is -3.70. The topological polar surface area (TPSA) is 118 Å². The van der Waals surface area contributed by atoms with E-state index >= 15 is 0 Å². The number of anilines is 1. The van der Waals surface area contributed by atoms with E-state index in [1.54, 1.807) is 69.3 Å². The Kier molecular flexibility index (Phi) is 8.08. The molecular formula is C25H27N3O6S. The first-order valence-electron chi connectivity index (χ1n) is 10.8. The highest BCUT2D eigenvalue weighted by Crippen LogP contribution is 2.26. The average Bonchev–Trinajstić information content (AvgIpc) is 3.27. The lowest BCUT2D eigenvalue weighted by atomic mass is 10.1. The zero-order valence-electron chi connectivity index (χ0n) is 19.9. The lowest BCUT2D eigenvalue weighted by molar-refractivity contribution is -0.119. The number of sulfonamides is 1. The number of nitrogens with zero attached hydrogens (tertiary/aromatic N) is 2. The Bertz CT molecular complexity index is 1320. The molecule has 0 fully saturated rings. The largest absolute Gasteiger partial charge is 0.462 e. The average molecular weight is 498 g/mol. The third-order valence-corrected chi connectivity index (χ3v) is 6.18. The van der Waals surface area contributed by atoms with Crippen molar-refractivity contribution in [3.05, 3.63) is 77.0 Å². The van der Waals surface area contributed by atoms with Gasteiger partial charge in [0.05, 0.1) is 30.3 Å². The molecule has 0 unspecified atom stereocenters. The molecule has 2 aromatic carbocycles. The SMILES string of the molecule is CCOC(=O)c1ccc(-c2ccc(/C=N\NC(=O)CN(c3c(C)cccc3C)S(C)(=O)=O)o2)cc1. The predicted octanol–water partition coefficient (Wildman–Crippen LogP) is 3.66. The van der Waals surface area contributed by atoms with Gasteiger partial charge in [-0.25, -0.2) is 18.6 Å². The van der Waals surface area contributed by atoms with Crippen molar-refractivity contribution < 1.29 is 27.2 Å². The van der Waals surface area contributed by atoms with Crippen LogP contribution < -0.4 is 9.73 Å². The number of amides is 1. The summed E-state index contributed by atoms with van der Waals surface area (Å²) in [4.78, 5) is 24.2. The normalized spacial score (nSPS) is 11.4. The molecule has 0 atom stereocenters. The van der Waals surface area contributed by atoms with Crippen LogP contribution in [0, 0.1) is 13.8 Å². The van der Waals surface area contributed by atoms with Crippen molar-refractivity contribution in [3.8, 4) is 11.3 Å². The highest BCUT2D eigenvalue weighted by atomic mass is 32.2. The second-order valence-corrected chi connectivity index (χ2v) is 9.71. The van der Waals surface area contributed by atoms with Gasteiger partial charge in [0, 0.05) is 5.56 Å². The highest BCUT2D eigenvalue weighted by Gasteiger charge is 2.23. The van der Waals surface area contributed by atoms with Gasteiger partial charge in [0.1, 0.15) is 18.1 Å². The van der Waals surface area contributed by atoms with Crippen molar-refractivity contribution >= 4 is 33.8 Å². The summed E-state index contributed by atoms with van der Waals surface area (Å²) in [6, 6.07) is 15.6. The van der Waals surface area contributed by atoms with Gasteiger partial charge in [-0.05, 0) is 56.2 Å². The van der Waals surface area contributed by atoms with Crippen LogP contribution in [-0.4, -0.2) is 45.9 Å². The summed E-state index contributed by atoms with van der Waals surface area (Å²) in [5.41, 5.74) is 5.48. The molecule has 1 N–H and O–H groups in total. The number of benzene rings is 2. The number of furan rings is 1. The van der Waals surface area contributed by atoms with Crippen molar-refractivity contribution in [2.75, 3.05) is 23.7 Å². The summed E-state index contributed by atoms with van der Waals surface area (Å²) >= 11 is 0. The number of carbonyl (C=O) groups is 2. The molecule has 0 aliphatic heterocycles. The number of hydrazone groups is 1. The van der Waals surface area contributed by atoms with E-state index in [4.69, 9.17) is 9.15 Å². The monoisotopic (exact) mass is 497 g/mol. The molecule has 10 heteroatoms. The van der Waals surface area contributed by atoms with Gasteiger partial charge in [0.15, 0.2) is 0 Å². The lowest BCUT2D eigenvalue weighted by Crippen LogP contribution is -2.39. The van der Waals surface area contributed by atoms with E-state index in [-0.39, 0.29) is 0 Å². The van der Waals surface area contributed by atoms with Crippen molar-refractivity contribution in [1.82, 2.24) is 5.43 Å². The molecule has 0 saturated heterocycles. The van der Waals surface area contributed by atoms with Gasteiger partial charge in [-0.1, -0.05) is 30.3 Å². The number of aryl methyl sites for hydroxylation is 2. The number of ether oxygens (including phenoxy) is 1. The second kappa shape index (κ2) is 11.0. The van der Waals surface area contributed by atoms with Gasteiger partial charge in [-0.15, -0.1) is 0 Å². The molecule has 9 nitrogen and oxygen atoms in total. The number of hydrogen-bond acceptors (Lipinski definition) is 7. The quantitative estimate of drug-likeness (QED) is 0.274. The van der Waals surface area contributed by atoms with Crippen LogP contribution in [0.1, 0.15) is 34.2 Å². The van der Waals surface area contributed by atoms with Gasteiger partial charge in [0.25, 0.3) is 5.91 Å². The molecule has 0 aliphatic carbocycles. The first kappa shape index (κ1) is 25.7. The van der Waals surface area contributed by atoms with E-state index < -0.39 is 28.4 Å². The summed E-state index contributed by atoms with van der Waals surface area (Å²) in [5, 5.41) is 3.88. The lowest BCUT2D eigenvalue weighted by Gasteiger charge is -2.25. The minimum absolute atomic E-state index is 0.301. The van der Waals surface area contributed by atoms with E-state index in [1.165, 1.54) is 6.21 Å². The van der Waals surface area contributed by atoms with Gasteiger partial charge >= 0.3 is 5.97 Å². The Balaban J connectivity index is 1.65.